The first-order chi connectivity index (χ1) is 14.2. The molecule has 1 aromatic rings. The lowest BCUT2D eigenvalue weighted by atomic mass is 10.2. The number of sulfonamides is 1. The van der Waals surface area contributed by atoms with Crippen LogP contribution in [0.1, 0.15) is 20.3 Å². The second kappa shape index (κ2) is 11.4. The van der Waals surface area contributed by atoms with E-state index in [1.54, 1.807) is 12.1 Å². The van der Waals surface area contributed by atoms with Crippen molar-refractivity contribution in [2.24, 2.45) is 5.92 Å². The molecule has 1 aliphatic rings. The van der Waals surface area contributed by atoms with Crippen LogP contribution in [0.4, 0.5) is 5.69 Å². The lowest BCUT2D eigenvalue weighted by molar-refractivity contribution is -0.141. The average Bonchev–Trinajstić information content (AvgIpc) is 2.72. The predicted octanol–water partition coefficient (Wildman–Crippen LogP) is 1.17. The number of hydrogen-bond acceptors (Lipinski definition) is 7. The minimum atomic E-state index is -3.64. The van der Waals surface area contributed by atoms with E-state index in [0.29, 0.717) is 51.0 Å². The molecule has 1 amide bonds. The molecule has 0 aromatic heterocycles. The summed E-state index contributed by atoms with van der Waals surface area (Å²) < 4.78 is 36.9. The molecule has 0 spiro atoms. The number of rotatable bonds is 10. The Bertz CT molecular complexity index is 822. The van der Waals surface area contributed by atoms with Crippen molar-refractivity contribution in [3.05, 3.63) is 24.3 Å². The predicted molar refractivity (Wildman–Crippen MR) is 113 cm³/mol. The van der Waals surface area contributed by atoms with Crippen molar-refractivity contribution in [2.75, 3.05) is 58.4 Å². The van der Waals surface area contributed by atoms with Crippen molar-refractivity contribution >= 4 is 27.6 Å². The van der Waals surface area contributed by atoms with Crippen molar-refractivity contribution in [1.29, 1.82) is 0 Å². The first kappa shape index (κ1) is 24.3. The van der Waals surface area contributed by atoms with E-state index in [-0.39, 0.29) is 29.7 Å². The monoisotopic (exact) mass is 441 g/mol. The van der Waals surface area contributed by atoms with E-state index in [9.17, 15) is 18.0 Å². The third-order valence-corrected chi connectivity index (χ3v) is 6.47. The van der Waals surface area contributed by atoms with Crippen molar-refractivity contribution in [1.82, 2.24) is 9.21 Å². The summed E-state index contributed by atoms with van der Waals surface area (Å²) in [4.78, 5) is 26.0. The highest BCUT2D eigenvalue weighted by Crippen LogP contribution is 2.20. The maximum absolute atomic E-state index is 12.8. The number of carbonyl (C=O) groups excluding carboxylic acids is 2. The standard InChI is InChI=1S/C20H31N3O6S/c1-16(2)14-22(8-7-20(25)28-3)15-19(24)21-17-5-4-6-18(13-17)30(26,27)23-9-11-29-12-10-23/h4-6,13,16H,7-12,14-15H2,1-3H3,(H,21,24). The summed E-state index contributed by atoms with van der Waals surface area (Å²) in [6, 6.07) is 6.23. The Morgan fingerprint density at radius 2 is 1.97 bits per heavy atom. The van der Waals surface area contributed by atoms with Gasteiger partial charge in [0.15, 0.2) is 0 Å². The number of morpholine rings is 1. The Balaban J connectivity index is 2.03. The molecule has 0 bridgehead atoms. The van der Waals surface area contributed by atoms with Crippen LogP contribution < -0.4 is 5.32 Å². The van der Waals surface area contributed by atoms with Gasteiger partial charge in [0.2, 0.25) is 15.9 Å². The fraction of sp³-hybridized carbons (Fsp3) is 0.600. The zero-order valence-electron chi connectivity index (χ0n) is 17.8. The van der Waals surface area contributed by atoms with Gasteiger partial charge in [0.05, 0.1) is 38.2 Å². The Labute approximate surface area is 178 Å². The van der Waals surface area contributed by atoms with Crippen molar-refractivity contribution in [3.63, 3.8) is 0 Å². The molecule has 30 heavy (non-hydrogen) atoms. The molecule has 1 fully saturated rings. The van der Waals surface area contributed by atoms with Gasteiger partial charge in [-0.25, -0.2) is 8.42 Å². The van der Waals surface area contributed by atoms with Gasteiger partial charge in [-0.3, -0.25) is 14.5 Å². The molecule has 2 rings (SSSR count). The smallest absolute Gasteiger partial charge is 0.306 e. The van der Waals surface area contributed by atoms with Gasteiger partial charge < -0.3 is 14.8 Å². The second-order valence-corrected chi connectivity index (χ2v) is 9.49. The molecule has 0 atom stereocenters. The van der Waals surface area contributed by atoms with Gasteiger partial charge in [0.1, 0.15) is 0 Å². The van der Waals surface area contributed by atoms with Crippen LogP contribution in [0.5, 0.6) is 0 Å². The fourth-order valence-electron chi connectivity index (χ4n) is 3.18. The van der Waals surface area contributed by atoms with Crippen molar-refractivity contribution in [2.45, 2.75) is 25.2 Å². The zero-order valence-corrected chi connectivity index (χ0v) is 18.6. The Morgan fingerprint density at radius 1 is 1.27 bits per heavy atom. The molecule has 10 heteroatoms. The zero-order chi connectivity index (χ0) is 22.1. The Morgan fingerprint density at radius 3 is 2.60 bits per heavy atom. The molecular formula is C20H31N3O6S. The lowest BCUT2D eigenvalue weighted by Crippen LogP contribution is -2.40. The summed E-state index contributed by atoms with van der Waals surface area (Å²) >= 11 is 0. The van der Waals surface area contributed by atoms with Crippen molar-refractivity contribution in [3.8, 4) is 0 Å². The Hall–Kier alpha value is -2.01. The van der Waals surface area contributed by atoms with E-state index in [1.165, 1.54) is 23.5 Å². The third kappa shape index (κ3) is 7.35. The van der Waals surface area contributed by atoms with Crippen LogP contribution in [-0.4, -0.2) is 82.5 Å². The number of benzene rings is 1. The van der Waals surface area contributed by atoms with Crippen LogP contribution in [-0.2, 0) is 29.1 Å². The number of hydrogen-bond donors (Lipinski definition) is 1. The SMILES string of the molecule is COC(=O)CCN(CC(=O)Nc1cccc(S(=O)(=O)N2CCOCC2)c1)CC(C)C. The summed E-state index contributed by atoms with van der Waals surface area (Å²) in [5.41, 5.74) is 0.409. The number of methoxy groups -OCH3 is 1. The molecule has 0 saturated carbocycles. The van der Waals surface area contributed by atoms with Crippen LogP contribution in [0.2, 0.25) is 0 Å². The Kier molecular flexibility index (Phi) is 9.22. The minimum absolute atomic E-state index is 0.0929. The van der Waals surface area contributed by atoms with Crippen molar-refractivity contribution < 1.29 is 27.5 Å². The van der Waals surface area contributed by atoms with Crippen LogP contribution in [0.3, 0.4) is 0 Å². The maximum atomic E-state index is 12.8. The van der Waals surface area contributed by atoms with E-state index < -0.39 is 10.0 Å². The summed E-state index contributed by atoms with van der Waals surface area (Å²) in [5, 5.41) is 2.76. The molecule has 1 saturated heterocycles. The van der Waals surface area contributed by atoms with Gasteiger partial charge in [0, 0.05) is 31.9 Å². The van der Waals surface area contributed by atoms with E-state index in [2.05, 4.69) is 10.1 Å². The highest BCUT2D eigenvalue weighted by atomic mass is 32.2. The first-order valence-electron chi connectivity index (χ1n) is 9.99. The quantitative estimate of drug-likeness (QED) is 0.543. The van der Waals surface area contributed by atoms with E-state index in [0.717, 1.165) is 0 Å². The molecule has 1 aliphatic heterocycles. The van der Waals surface area contributed by atoms with Gasteiger partial charge in [-0.1, -0.05) is 19.9 Å². The van der Waals surface area contributed by atoms with Crippen LogP contribution in [0.25, 0.3) is 0 Å². The highest BCUT2D eigenvalue weighted by molar-refractivity contribution is 7.89. The summed E-state index contributed by atoms with van der Waals surface area (Å²) in [6.07, 6.45) is 0.198. The van der Waals surface area contributed by atoms with Gasteiger partial charge in [-0.05, 0) is 24.1 Å². The molecule has 1 N–H and O–H groups in total. The molecule has 168 valence electrons. The minimum Gasteiger partial charge on any atom is -0.469 e. The average molecular weight is 442 g/mol. The summed E-state index contributed by atoms with van der Waals surface area (Å²) in [7, 11) is -2.31. The van der Waals surface area contributed by atoms with Gasteiger partial charge in [-0.15, -0.1) is 0 Å². The number of nitrogens with zero attached hydrogens (tertiary/aromatic N) is 2. The van der Waals surface area contributed by atoms with E-state index >= 15 is 0 Å². The van der Waals surface area contributed by atoms with Gasteiger partial charge in [0.25, 0.3) is 0 Å². The molecule has 0 aliphatic carbocycles. The highest BCUT2D eigenvalue weighted by Gasteiger charge is 2.26. The van der Waals surface area contributed by atoms with Gasteiger partial charge in [-0.2, -0.15) is 4.31 Å². The largest absolute Gasteiger partial charge is 0.469 e. The van der Waals surface area contributed by atoms with E-state index in [4.69, 9.17) is 4.74 Å². The fourth-order valence-corrected chi connectivity index (χ4v) is 4.63. The molecule has 1 heterocycles. The van der Waals surface area contributed by atoms with Gasteiger partial charge >= 0.3 is 5.97 Å². The molecular weight excluding hydrogens is 410 g/mol. The van der Waals surface area contributed by atoms with Crippen LogP contribution in [0.15, 0.2) is 29.2 Å². The van der Waals surface area contributed by atoms with E-state index in [1.807, 2.05) is 18.7 Å². The second-order valence-electron chi connectivity index (χ2n) is 7.55. The normalized spacial score (nSPS) is 15.4. The lowest BCUT2D eigenvalue weighted by Gasteiger charge is -2.26. The number of anilines is 1. The molecule has 9 nitrogen and oxygen atoms in total. The van der Waals surface area contributed by atoms with Crippen LogP contribution >= 0.6 is 0 Å². The molecule has 0 radical (unpaired) electrons. The number of amides is 1. The molecule has 1 aromatic carbocycles. The number of esters is 1. The first-order valence-corrected chi connectivity index (χ1v) is 11.4. The van der Waals surface area contributed by atoms with Crippen LogP contribution in [0, 0.1) is 5.92 Å². The topological polar surface area (TPSA) is 105 Å². The summed E-state index contributed by atoms with van der Waals surface area (Å²) in [5.74, 6) is -0.288. The maximum Gasteiger partial charge on any atom is 0.306 e. The summed E-state index contributed by atoms with van der Waals surface area (Å²) in [6.45, 7) is 6.56. The number of ether oxygens (including phenoxy) is 2. The number of nitrogens with one attached hydrogen (secondary N) is 1. The third-order valence-electron chi connectivity index (χ3n) is 4.58. The number of carbonyl (C=O) groups is 2. The molecule has 0 unspecified atom stereocenters.